The van der Waals surface area contributed by atoms with Crippen molar-refractivity contribution in [3.63, 3.8) is 0 Å². The topological polar surface area (TPSA) is 84.9 Å². The van der Waals surface area contributed by atoms with Crippen LogP contribution >= 0.6 is 34.4 Å². The van der Waals surface area contributed by atoms with Gasteiger partial charge in [0.25, 0.3) is 5.91 Å². The number of fused-ring (bicyclic) bond motifs is 1. The Kier molecular flexibility index (Phi) is 7.75. The van der Waals surface area contributed by atoms with Crippen molar-refractivity contribution in [2.45, 2.75) is 43.9 Å². The molecule has 2 aliphatic rings. The Hall–Kier alpha value is -2.53. The second-order valence-corrected chi connectivity index (χ2v) is 11.1. The SMILES string of the molecule is CC(C)(C)OC(=O)N[C@@H]1C(=O)N2C(C(=O)OC(c3ccccc3)c3ccccc3)=C(CI)CS[C@H]12. The number of nitrogens with one attached hydrogen (secondary N) is 1. The van der Waals surface area contributed by atoms with Crippen molar-refractivity contribution in [2.75, 3.05) is 10.2 Å². The van der Waals surface area contributed by atoms with Gasteiger partial charge < -0.3 is 14.8 Å². The highest BCUT2D eigenvalue weighted by atomic mass is 127. The summed E-state index contributed by atoms with van der Waals surface area (Å²) in [5, 5.41) is 2.26. The van der Waals surface area contributed by atoms with E-state index in [1.54, 1.807) is 20.8 Å². The van der Waals surface area contributed by atoms with E-state index in [4.69, 9.17) is 9.47 Å². The molecular formula is C26H27IN2O5S. The van der Waals surface area contributed by atoms with Crippen LogP contribution < -0.4 is 5.32 Å². The van der Waals surface area contributed by atoms with Crippen LogP contribution in [0.5, 0.6) is 0 Å². The molecule has 2 atom stereocenters. The van der Waals surface area contributed by atoms with E-state index in [0.29, 0.717) is 10.2 Å². The molecule has 7 nitrogen and oxygen atoms in total. The lowest BCUT2D eigenvalue weighted by molar-refractivity contribution is -0.153. The third-order valence-corrected chi connectivity index (χ3v) is 7.76. The normalized spacial score (nSPS) is 19.7. The minimum Gasteiger partial charge on any atom is -0.448 e. The Morgan fingerprint density at radius 3 is 2.17 bits per heavy atom. The summed E-state index contributed by atoms with van der Waals surface area (Å²) in [6, 6.07) is 18.3. The van der Waals surface area contributed by atoms with Crippen LogP contribution in [-0.2, 0) is 19.1 Å². The van der Waals surface area contributed by atoms with Crippen molar-refractivity contribution in [1.82, 2.24) is 10.2 Å². The second-order valence-electron chi connectivity index (χ2n) is 9.23. The number of hydrogen-bond donors (Lipinski definition) is 1. The van der Waals surface area contributed by atoms with Gasteiger partial charge in [-0.15, -0.1) is 11.8 Å². The molecule has 0 aromatic heterocycles. The summed E-state index contributed by atoms with van der Waals surface area (Å²) >= 11 is 3.71. The van der Waals surface area contributed by atoms with Gasteiger partial charge >= 0.3 is 12.1 Å². The number of β-lactam (4-membered cyclic amide) rings is 1. The Labute approximate surface area is 222 Å². The van der Waals surface area contributed by atoms with E-state index in [0.717, 1.165) is 16.7 Å². The molecule has 4 rings (SSSR count). The molecular weight excluding hydrogens is 579 g/mol. The number of esters is 1. The number of hydrogen-bond acceptors (Lipinski definition) is 6. The van der Waals surface area contributed by atoms with Crippen LogP contribution in [0.3, 0.4) is 0 Å². The van der Waals surface area contributed by atoms with Gasteiger partial charge in [-0.1, -0.05) is 83.3 Å². The Morgan fingerprint density at radius 2 is 1.66 bits per heavy atom. The Morgan fingerprint density at radius 1 is 1.09 bits per heavy atom. The molecule has 1 N–H and O–H groups in total. The fourth-order valence-electron chi connectivity index (χ4n) is 3.96. The summed E-state index contributed by atoms with van der Waals surface area (Å²) in [7, 11) is 0. The number of nitrogens with zero attached hydrogens (tertiary/aromatic N) is 1. The minimum atomic E-state index is -0.757. The van der Waals surface area contributed by atoms with E-state index < -0.39 is 35.2 Å². The van der Waals surface area contributed by atoms with Crippen LogP contribution in [-0.4, -0.2) is 50.1 Å². The van der Waals surface area contributed by atoms with Crippen molar-refractivity contribution in [1.29, 1.82) is 0 Å². The van der Waals surface area contributed by atoms with Crippen LogP contribution in [0.4, 0.5) is 4.79 Å². The first-order valence-electron chi connectivity index (χ1n) is 11.2. The fourth-order valence-corrected chi connectivity index (χ4v) is 6.30. The number of rotatable bonds is 6. The van der Waals surface area contributed by atoms with Crippen molar-refractivity contribution in [3.8, 4) is 0 Å². The number of carbonyl (C=O) groups excluding carboxylic acids is 3. The predicted molar refractivity (Wildman–Crippen MR) is 143 cm³/mol. The van der Waals surface area contributed by atoms with E-state index in [9.17, 15) is 14.4 Å². The highest BCUT2D eigenvalue weighted by Gasteiger charge is 2.54. The molecule has 2 aliphatic heterocycles. The molecule has 35 heavy (non-hydrogen) atoms. The predicted octanol–water partition coefficient (Wildman–Crippen LogP) is 4.82. The van der Waals surface area contributed by atoms with Crippen molar-refractivity contribution < 1.29 is 23.9 Å². The average molecular weight is 606 g/mol. The van der Waals surface area contributed by atoms with E-state index in [2.05, 4.69) is 27.9 Å². The highest BCUT2D eigenvalue weighted by molar-refractivity contribution is 14.1. The fraction of sp³-hybridized carbons (Fsp3) is 0.346. The molecule has 9 heteroatoms. The average Bonchev–Trinajstić information content (AvgIpc) is 2.84. The number of carbonyl (C=O) groups is 3. The number of ether oxygens (including phenoxy) is 2. The van der Waals surface area contributed by atoms with Crippen molar-refractivity contribution in [3.05, 3.63) is 83.1 Å². The largest absolute Gasteiger partial charge is 0.448 e. The summed E-state index contributed by atoms with van der Waals surface area (Å²) in [6.45, 7) is 5.28. The van der Waals surface area contributed by atoms with Gasteiger partial charge in [0.1, 0.15) is 22.7 Å². The second kappa shape index (κ2) is 10.6. The molecule has 184 valence electrons. The van der Waals surface area contributed by atoms with Crippen LogP contribution in [0, 0.1) is 0 Å². The van der Waals surface area contributed by atoms with E-state index in [-0.39, 0.29) is 11.6 Å². The van der Waals surface area contributed by atoms with Gasteiger partial charge in [-0.3, -0.25) is 9.69 Å². The zero-order valence-corrected chi connectivity index (χ0v) is 22.7. The molecule has 0 spiro atoms. The summed E-state index contributed by atoms with van der Waals surface area (Å²) in [6.07, 6.45) is -1.27. The summed E-state index contributed by atoms with van der Waals surface area (Å²) in [5.74, 6) is -0.336. The standard InChI is InChI=1S/C26H27IN2O5S/c1-26(2,3)34-25(32)28-19-22(30)29-20(18(14-27)15-35-23(19)29)24(31)33-21(16-10-6-4-7-11-16)17-12-8-5-9-13-17/h4-13,19,21,23H,14-15H2,1-3H3,(H,28,32)/t19-,23-/m1/s1. The van der Waals surface area contributed by atoms with E-state index >= 15 is 0 Å². The third kappa shape index (κ3) is 5.66. The number of halogens is 1. The Bertz CT molecular complexity index is 1090. The van der Waals surface area contributed by atoms with E-state index in [1.807, 2.05) is 60.7 Å². The first-order chi connectivity index (χ1) is 16.7. The lowest BCUT2D eigenvalue weighted by atomic mass is 10.0. The maximum Gasteiger partial charge on any atom is 0.408 e. The molecule has 0 unspecified atom stereocenters. The number of amides is 2. The van der Waals surface area contributed by atoms with Gasteiger partial charge in [0, 0.05) is 10.2 Å². The van der Waals surface area contributed by atoms with Gasteiger partial charge in [0.2, 0.25) is 0 Å². The summed E-state index contributed by atoms with van der Waals surface area (Å²) in [5.41, 5.74) is 2.10. The van der Waals surface area contributed by atoms with Crippen LogP contribution in [0.1, 0.15) is 38.0 Å². The number of alkyl halides is 1. The molecule has 2 amide bonds. The maximum atomic E-state index is 13.6. The third-order valence-electron chi connectivity index (χ3n) is 5.50. The molecule has 2 heterocycles. The first kappa shape index (κ1) is 25.6. The van der Waals surface area contributed by atoms with Crippen LogP contribution in [0.2, 0.25) is 0 Å². The summed E-state index contributed by atoms with van der Waals surface area (Å²) < 4.78 is 11.9. The lowest BCUT2D eigenvalue weighted by Gasteiger charge is -2.49. The quantitative estimate of drug-likeness (QED) is 0.220. The number of benzene rings is 2. The molecule has 2 aromatic rings. The molecule has 1 saturated heterocycles. The molecule has 2 aromatic carbocycles. The molecule has 1 fully saturated rings. The van der Waals surface area contributed by atoms with Crippen LogP contribution in [0.25, 0.3) is 0 Å². The monoisotopic (exact) mass is 606 g/mol. The minimum absolute atomic E-state index is 0.271. The van der Waals surface area contributed by atoms with Crippen LogP contribution in [0.15, 0.2) is 71.9 Å². The number of thioether (sulfide) groups is 1. The highest BCUT2D eigenvalue weighted by Crippen LogP contribution is 2.42. The van der Waals surface area contributed by atoms with Crippen molar-refractivity contribution >= 4 is 52.3 Å². The Balaban J connectivity index is 1.57. The lowest BCUT2D eigenvalue weighted by Crippen LogP contribution is -2.70. The van der Waals surface area contributed by atoms with Gasteiger partial charge in [-0.2, -0.15) is 0 Å². The molecule has 0 aliphatic carbocycles. The van der Waals surface area contributed by atoms with Gasteiger partial charge in [0.15, 0.2) is 6.10 Å². The van der Waals surface area contributed by atoms with Crippen molar-refractivity contribution in [2.24, 2.45) is 0 Å². The van der Waals surface area contributed by atoms with Gasteiger partial charge in [-0.25, -0.2) is 9.59 Å². The number of alkyl carbamates (subject to hydrolysis) is 1. The van der Waals surface area contributed by atoms with Gasteiger partial charge in [0.05, 0.1) is 0 Å². The zero-order chi connectivity index (χ0) is 25.2. The zero-order valence-electron chi connectivity index (χ0n) is 19.7. The van der Waals surface area contributed by atoms with E-state index in [1.165, 1.54) is 16.7 Å². The van der Waals surface area contributed by atoms with Gasteiger partial charge in [-0.05, 0) is 37.5 Å². The first-order valence-corrected chi connectivity index (χ1v) is 13.8. The maximum absolute atomic E-state index is 13.6. The molecule has 0 radical (unpaired) electrons. The molecule has 0 saturated carbocycles. The smallest absolute Gasteiger partial charge is 0.408 e. The molecule has 0 bridgehead atoms. The summed E-state index contributed by atoms with van der Waals surface area (Å²) in [4.78, 5) is 40.4.